The van der Waals surface area contributed by atoms with E-state index in [0.29, 0.717) is 13.1 Å². The molecule has 3 heterocycles. The van der Waals surface area contributed by atoms with E-state index in [9.17, 15) is 5.11 Å². The SMILES string of the molecule is CCNC(=NCc1ccc(-c2nc3ccccc3s2)o1)N1CC[C@@H](O)C1. The van der Waals surface area contributed by atoms with Crippen LogP contribution >= 0.6 is 11.3 Å². The fraction of sp³-hybridized carbons (Fsp3) is 0.368. The van der Waals surface area contributed by atoms with Crippen LogP contribution in [0, 0.1) is 0 Å². The normalized spacial score (nSPS) is 18.0. The van der Waals surface area contributed by atoms with Crippen LogP contribution in [0.15, 0.2) is 45.8 Å². The van der Waals surface area contributed by atoms with E-state index < -0.39 is 0 Å². The number of guanidine groups is 1. The molecule has 0 aliphatic carbocycles. The number of nitrogens with one attached hydrogen (secondary N) is 1. The number of aromatic nitrogens is 1. The number of rotatable bonds is 4. The van der Waals surface area contributed by atoms with E-state index in [-0.39, 0.29) is 6.10 Å². The number of aliphatic hydroxyl groups excluding tert-OH is 1. The van der Waals surface area contributed by atoms with Gasteiger partial charge >= 0.3 is 0 Å². The second kappa shape index (κ2) is 7.47. The topological polar surface area (TPSA) is 73.9 Å². The van der Waals surface area contributed by atoms with Crippen molar-refractivity contribution in [3.63, 3.8) is 0 Å². The van der Waals surface area contributed by atoms with Gasteiger partial charge in [-0.1, -0.05) is 12.1 Å². The molecule has 1 atom stereocenters. The van der Waals surface area contributed by atoms with Crippen molar-refractivity contribution in [1.29, 1.82) is 0 Å². The number of thiazole rings is 1. The van der Waals surface area contributed by atoms with Gasteiger partial charge in [-0.25, -0.2) is 9.98 Å². The van der Waals surface area contributed by atoms with E-state index >= 15 is 0 Å². The predicted molar refractivity (Wildman–Crippen MR) is 104 cm³/mol. The number of hydrogen-bond acceptors (Lipinski definition) is 5. The number of aliphatic hydroxyl groups is 1. The second-order valence-electron chi connectivity index (χ2n) is 6.31. The summed E-state index contributed by atoms with van der Waals surface area (Å²) >= 11 is 1.63. The molecule has 0 spiro atoms. The third-order valence-electron chi connectivity index (χ3n) is 4.35. The Morgan fingerprint density at radius 1 is 1.38 bits per heavy atom. The fourth-order valence-corrected chi connectivity index (χ4v) is 4.00. The number of para-hydroxylation sites is 1. The molecule has 1 fully saturated rings. The van der Waals surface area contributed by atoms with Crippen molar-refractivity contribution in [1.82, 2.24) is 15.2 Å². The molecule has 26 heavy (non-hydrogen) atoms. The van der Waals surface area contributed by atoms with Crippen molar-refractivity contribution >= 4 is 27.5 Å². The minimum atomic E-state index is -0.270. The zero-order chi connectivity index (χ0) is 17.9. The van der Waals surface area contributed by atoms with E-state index in [0.717, 1.165) is 52.2 Å². The van der Waals surface area contributed by atoms with Crippen molar-refractivity contribution in [2.45, 2.75) is 26.0 Å². The molecular weight excluding hydrogens is 348 g/mol. The van der Waals surface area contributed by atoms with Gasteiger partial charge in [-0.3, -0.25) is 0 Å². The molecule has 7 heteroatoms. The number of β-amino-alcohol motifs (C(OH)–C–C–N with tert-alkyl or cyclic N) is 1. The molecule has 2 N–H and O–H groups in total. The summed E-state index contributed by atoms with van der Waals surface area (Å²) in [7, 11) is 0. The summed E-state index contributed by atoms with van der Waals surface area (Å²) in [4.78, 5) is 11.4. The van der Waals surface area contributed by atoms with Crippen LogP contribution in [0.1, 0.15) is 19.1 Å². The molecule has 6 nitrogen and oxygen atoms in total. The summed E-state index contributed by atoms with van der Waals surface area (Å²) in [5, 5.41) is 13.9. The van der Waals surface area contributed by atoms with Crippen LogP contribution in [0.2, 0.25) is 0 Å². The predicted octanol–water partition coefficient (Wildman–Crippen LogP) is 3.09. The van der Waals surface area contributed by atoms with Gasteiger partial charge < -0.3 is 19.7 Å². The van der Waals surface area contributed by atoms with Crippen LogP contribution < -0.4 is 5.32 Å². The minimum absolute atomic E-state index is 0.270. The number of fused-ring (bicyclic) bond motifs is 1. The summed E-state index contributed by atoms with van der Waals surface area (Å²) in [6.45, 7) is 4.74. The molecule has 1 saturated heterocycles. The molecule has 0 amide bonds. The van der Waals surface area contributed by atoms with Gasteiger partial charge in [0.1, 0.15) is 12.3 Å². The highest BCUT2D eigenvalue weighted by atomic mass is 32.1. The van der Waals surface area contributed by atoms with E-state index in [1.165, 1.54) is 0 Å². The summed E-state index contributed by atoms with van der Waals surface area (Å²) < 4.78 is 7.11. The summed E-state index contributed by atoms with van der Waals surface area (Å²) in [6.07, 6.45) is 0.514. The number of likely N-dealkylation sites (tertiary alicyclic amines) is 1. The quantitative estimate of drug-likeness (QED) is 0.545. The first-order valence-corrected chi connectivity index (χ1v) is 9.70. The Kier molecular flexibility index (Phi) is 4.90. The van der Waals surface area contributed by atoms with Crippen LogP contribution in [0.5, 0.6) is 0 Å². The second-order valence-corrected chi connectivity index (χ2v) is 7.34. The van der Waals surface area contributed by atoms with Gasteiger partial charge in [-0.15, -0.1) is 11.3 Å². The summed E-state index contributed by atoms with van der Waals surface area (Å²) in [5.41, 5.74) is 0.991. The van der Waals surface area contributed by atoms with Crippen molar-refractivity contribution in [3.8, 4) is 10.8 Å². The number of nitrogens with zero attached hydrogens (tertiary/aromatic N) is 3. The Balaban J connectivity index is 1.50. The van der Waals surface area contributed by atoms with Crippen LogP contribution in [0.25, 0.3) is 21.0 Å². The van der Waals surface area contributed by atoms with Gasteiger partial charge in [-0.05, 0) is 37.6 Å². The Bertz CT molecular complexity index is 884. The molecule has 2 aromatic heterocycles. The summed E-state index contributed by atoms with van der Waals surface area (Å²) in [6, 6.07) is 12.0. The lowest BCUT2D eigenvalue weighted by Gasteiger charge is -2.20. The maximum Gasteiger partial charge on any atom is 0.194 e. The first-order valence-electron chi connectivity index (χ1n) is 8.89. The maximum atomic E-state index is 9.74. The molecule has 0 saturated carbocycles. The molecule has 136 valence electrons. The first kappa shape index (κ1) is 17.1. The molecule has 0 unspecified atom stereocenters. The Hall–Kier alpha value is -2.38. The van der Waals surface area contributed by atoms with Crippen LogP contribution in [-0.2, 0) is 6.54 Å². The monoisotopic (exact) mass is 370 g/mol. The highest BCUT2D eigenvalue weighted by Gasteiger charge is 2.22. The van der Waals surface area contributed by atoms with Crippen LogP contribution in [-0.4, -0.2) is 46.7 Å². The van der Waals surface area contributed by atoms with Gasteiger partial charge in [0, 0.05) is 19.6 Å². The largest absolute Gasteiger partial charge is 0.457 e. The minimum Gasteiger partial charge on any atom is -0.457 e. The van der Waals surface area contributed by atoms with E-state index in [4.69, 9.17) is 4.42 Å². The van der Waals surface area contributed by atoms with Crippen molar-refractivity contribution in [2.75, 3.05) is 19.6 Å². The average Bonchev–Trinajstić information content (AvgIpc) is 3.37. The molecule has 0 bridgehead atoms. The van der Waals surface area contributed by atoms with Crippen LogP contribution in [0.3, 0.4) is 0 Å². The zero-order valence-electron chi connectivity index (χ0n) is 14.7. The number of furan rings is 1. The molecule has 4 rings (SSSR count). The number of benzene rings is 1. The van der Waals surface area contributed by atoms with Gasteiger partial charge in [0.05, 0.1) is 16.3 Å². The third kappa shape index (κ3) is 3.59. The van der Waals surface area contributed by atoms with Crippen molar-refractivity contribution < 1.29 is 9.52 Å². The lowest BCUT2D eigenvalue weighted by Crippen LogP contribution is -2.40. The standard InChI is InChI=1S/C19H22N4O2S/c1-2-20-19(23-10-9-13(24)12-23)21-11-14-7-8-16(25-14)18-22-15-5-3-4-6-17(15)26-18/h3-8,13,24H,2,9-12H2,1H3,(H,20,21)/t13-/m1/s1. The average molecular weight is 370 g/mol. The lowest BCUT2D eigenvalue weighted by atomic mass is 10.3. The zero-order valence-corrected chi connectivity index (χ0v) is 15.5. The number of aliphatic imine (C=N–C) groups is 1. The lowest BCUT2D eigenvalue weighted by molar-refractivity contribution is 0.188. The smallest absolute Gasteiger partial charge is 0.194 e. The van der Waals surface area contributed by atoms with E-state index in [2.05, 4.69) is 26.3 Å². The third-order valence-corrected chi connectivity index (χ3v) is 5.40. The van der Waals surface area contributed by atoms with Gasteiger partial charge in [-0.2, -0.15) is 0 Å². The highest BCUT2D eigenvalue weighted by Crippen LogP contribution is 2.31. The Morgan fingerprint density at radius 3 is 3.04 bits per heavy atom. The Morgan fingerprint density at radius 2 is 2.27 bits per heavy atom. The Labute approximate surface area is 156 Å². The van der Waals surface area contributed by atoms with Crippen molar-refractivity contribution in [3.05, 3.63) is 42.2 Å². The van der Waals surface area contributed by atoms with Crippen LogP contribution in [0.4, 0.5) is 0 Å². The molecular formula is C19H22N4O2S. The highest BCUT2D eigenvalue weighted by molar-refractivity contribution is 7.21. The van der Waals surface area contributed by atoms with Gasteiger partial charge in [0.2, 0.25) is 0 Å². The molecule has 3 aromatic rings. The first-order chi connectivity index (χ1) is 12.7. The molecule has 1 aliphatic heterocycles. The maximum absolute atomic E-state index is 9.74. The summed E-state index contributed by atoms with van der Waals surface area (Å²) in [5.74, 6) is 2.40. The van der Waals surface area contributed by atoms with Gasteiger partial charge in [0.25, 0.3) is 0 Å². The van der Waals surface area contributed by atoms with E-state index in [1.807, 2.05) is 37.3 Å². The molecule has 1 aliphatic rings. The van der Waals surface area contributed by atoms with Gasteiger partial charge in [0.15, 0.2) is 16.7 Å². The fourth-order valence-electron chi connectivity index (χ4n) is 3.07. The molecule has 0 radical (unpaired) electrons. The number of hydrogen-bond donors (Lipinski definition) is 2. The molecule has 1 aromatic carbocycles. The van der Waals surface area contributed by atoms with E-state index in [1.54, 1.807) is 11.3 Å². The van der Waals surface area contributed by atoms with Crippen molar-refractivity contribution in [2.24, 2.45) is 4.99 Å².